The minimum Gasteiger partial charge on any atom is -0.478 e. The number of aromatic nitrogens is 1. The second-order valence-electron chi connectivity index (χ2n) is 4.96. The van der Waals surface area contributed by atoms with Crippen LogP contribution in [0.2, 0.25) is 0 Å². The molecule has 5 heteroatoms. The zero-order chi connectivity index (χ0) is 13.8. The molecular formula is C14H21N3O2. The van der Waals surface area contributed by atoms with Crippen molar-refractivity contribution in [3.8, 4) is 0 Å². The first-order chi connectivity index (χ1) is 9.13. The average Bonchev–Trinajstić information content (AvgIpc) is 2.83. The van der Waals surface area contributed by atoms with Gasteiger partial charge in [0.2, 0.25) is 0 Å². The Hall–Kier alpha value is -1.62. The fourth-order valence-electron chi connectivity index (χ4n) is 2.72. The topological polar surface area (TPSA) is 65.5 Å². The van der Waals surface area contributed by atoms with E-state index in [9.17, 15) is 9.90 Å². The molecule has 19 heavy (non-hydrogen) atoms. The van der Waals surface area contributed by atoms with Gasteiger partial charge in [0.15, 0.2) is 0 Å². The first-order valence-electron chi connectivity index (χ1n) is 6.80. The summed E-state index contributed by atoms with van der Waals surface area (Å²) in [5, 5.41) is 12.5. The number of likely N-dealkylation sites (N-methyl/N-ethyl adjacent to an activating group) is 1. The van der Waals surface area contributed by atoms with Gasteiger partial charge in [-0.15, -0.1) is 0 Å². The number of carbonyl (C=O) groups is 1. The van der Waals surface area contributed by atoms with E-state index in [-0.39, 0.29) is 5.56 Å². The molecule has 104 valence electrons. The third-order valence-electron chi connectivity index (χ3n) is 3.78. The molecule has 0 bridgehead atoms. The zero-order valence-electron chi connectivity index (χ0n) is 11.5. The van der Waals surface area contributed by atoms with Crippen molar-refractivity contribution in [2.75, 3.05) is 25.0 Å². The van der Waals surface area contributed by atoms with Gasteiger partial charge in [0.1, 0.15) is 11.4 Å². The van der Waals surface area contributed by atoms with E-state index in [1.807, 2.05) is 0 Å². The van der Waals surface area contributed by atoms with Crippen LogP contribution in [0.1, 0.15) is 35.7 Å². The Kier molecular flexibility index (Phi) is 4.37. The first-order valence-corrected chi connectivity index (χ1v) is 6.80. The molecule has 5 nitrogen and oxygen atoms in total. The molecule has 0 spiro atoms. The Morgan fingerprint density at radius 2 is 2.42 bits per heavy atom. The molecule has 1 aliphatic rings. The summed E-state index contributed by atoms with van der Waals surface area (Å²) < 4.78 is 0. The van der Waals surface area contributed by atoms with Gasteiger partial charge in [-0.2, -0.15) is 0 Å². The molecule has 2 heterocycles. The third-order valence-corrected chi connectivity index (χ3v) is 3.78. The van der Waals surface area contributed by atoms with Crippen LogP contribution in [-0.2, 0) is 0 Å². The van der Waals surface area contributed by atoms with Crippen molar-refractivity contribution in [3.63, 3.8) is 0 Å². The lowest BCUT2D eigenvalue weighted by atomic mass is 10.1. The number of carboxylic acids is 1. The number of rotatable bonds is 5. The fraction of sp³-hybridized carbons (Fsp3) is 0.571. The number of carboxylic acid groups (broad SMARTS) is 1. The van der Waals surface area contributed by atoms with Crippen LogP contribution in [-0.4, -0.2) is 46.6 Å². The van der Waals surface area contributed by atoms with E-state index in [1.54, 1.807) is 19.2 Å². The van der Waals surface area contributed by atoms with Crippen molar-refractivity contribution < 1.29 is 9.90 Å². The molecule has 1 aliphatic heterocycles. The average molecular weight is 263 g/mol. The van der Waals surface area contributed by atoms with E-state index in [1.165, 1.54) is 6.42 Å². The molecule has 1 saturated heterocycles. The highest BCUT2D eigenvalue weighted by Gasteiger charge is 2.23. The summed E-state index contributed by atoms with van der Waals surface area (Å²) in [5.74, 6) is -0.442. The summed E-state index contributed by atoms with van der Waals surface area (Å²) in [4.78, 5) is 17.9. The number of nitrogens with one attached hydrogen (secondary N) is 1. The Morgan fingerprint density at radius 3 is 3.11 bits per heavy atom. The summed E-state index contributed by atoms with van der Waals surface area (Å²) in [6, 6.07) is 2.21. The molecule has 0 amide bonds. The van der Waals surface area contributed by atoms with Crippen molar-refractivity contribution in [1.29, 1.82) is 0 Å². The van der Waals surface area contributed by atoms with E-state index in [4.69, 9.17) is 0 Å². The summed E-state index contributed by atoms with van der Waals surface area (Å²) in [5.41, 5.74) is 1.02. The molecule has 1 fully saturated rings. The molecule has 0 saturated carbocycles. The van der Waals surface area contributed by atoms with Crippen LogP contribution in [0.25, 0.3) is 0 Å². The van der Waals surface area contributed by atoms with Gasteiger partial charge in [0, 0.05) is 18.8 Å². The lowest BCUT2D eigenvalue weighted by molar-refractivity contribution is 0.0696. The zero-order valence-corrected chi connectivity index (χ0v) is 11.5. The molecule has 2 rings (SSSR count). The van der Waals surface area contributed by atoms with Gasteiger partial charge in [-0.05, 0) is 44.5 Å². The van der Waals surface area contributed by atoms with Crippen LogP contribution >= 0.6 is 0 Å². The Morgan fingerprint density at radius 1 is 1.63 bits per heavy atom. The van der Waals surface area contributed by atoms with Crippen molar-refractivity contribution in [2.45, 2.75) is 32.7 Å². The standard InChI is InChI=1S/C14H21N3O2/c1-3-17-8-4-5-11(17)9-16-13-12(14(18)19)10(2)6-7-15-13/h6-7,11H,3-5,8-9H2,1-2H3,(H,15,16)(H,18,19). The summed E-state index contributed by atoms with van der Waals surface area (Å²) in [6.45, 7) is 6.88. The van der Waals surface area contributed by atoms with Crippen LogP contribution in [0.15, 0.2) is 12.3 Å². The van der Waals surface area contributed by atoms with Crippen molar-refractivity contribution in [3.05, 3.63) is 23.4 Å². The fourth-order valence-corrected chi connectivity index (χ4v) is 2.72. The molecule has 1 aromatic heterocycles. The van der Waals surface area contributed by atoms with E-state index >= 15 is 0 Å². The maximum absolute atomic E-state index is 11.3. The van der Waals surface area contributed by atoms with Crippen LogP contribution in [0.3, 0.4) is 0 Å². The highest BCUT2D eigenvalue weighted by atomic mass is 16.4. The minimum atomic E-state index is -0.924. The second-order valence-corrected chi connectivity index (χ2v) is 4.96. The maximum Gasteiger partial charge on any atom is 0.339 e. The lowest BCUT2D eigenvalue weighted by Crippen LogP contribution is -2.35. The van der Waals surface area contributed by atoms with Gasteiger partial charge >= 0.3 is 5.97 Å². The highest BCUT2D eigenvalue weighted by molar-refractivity contribution is 5.94. The quantitative estimate of drug-likeness (QED) is 0.850. The van der Waals surface area contributed by atoms with Crippen LogP contribution in [0, 0.1) is 6.92 Å². The minimum absolute atomic E-state index is 0.281. The molecular weight excluding hydrogens is 242 g/mol. The number of aryl methyl sites for hydroxylation is 1. The molecule has 2 N–H and O–H groups in total. The van der Waals surface area contributed by atoms with Crippen molar-refractivity contribution in [2.24, 2.45) is 0 Å². The van der Waals surface area contributed by atoms with E-state index < -0.39 is 5.97 Å². The number of aromatic carboxylic acids is 1. The van der Waals surface area contributed by atoms with E-state index in [0.717, 1.165) is 31.6 Å². The number of nitrogens with zero attached hydrogens (tertiary/aromatic N) is 2. The van der Waals surface area contributed by atoms with Crippen LogP contribution < -0.4 is 5.32 Å². The van der Waals surface area contributed by atoms with Gasteiger partial charge in [0.05, 0.1) is 0 Å². The molecule has 1 unspecified atom stereocenters. The van der Waals surface area contributed by atoms with Crippen molar-refractivity contribution >= 4 is 11.8 Å². The van der Waals surface area contributed by atoms with Gasteiger partial charge in [-0.1, -0.05) is 6.92 Å². The lowest BCUT2D eigenvalue weighted by Gasteiger charge is -2.23. The first kappa shape index (κ1) is 13.8. The third kappa shape index (κ3) is 3.04. The largest absolute Gasteiger partial charge is 0.478 e. The summed E-state index contributed by atoms with van der Waals surface area (Å²) in [7, 11) is 0. The van der Waals surface area contributed by atoms with Crippen molar-refractivity contribution in [1.82, 2.24) is 9.88 Å². The number of hydrogen-bond donors (Lipinski definition) is 2. The molecule has 0 aliphatic carbocycles. The predicted octanol–water partition coefficient (Wildman–Crippen LogP) is 1.98. The second kappa shape index (κ2) is 6.02. The maximum atomic E-state index is 11.3. The monoisotopic (exact) mass is 263 g/mol. The summed E-state index contributed by atoms with van der Waals surface area (Å²) in [6.07, 6.45) is 4.03. The van der Waals surface area contributed by atoms with E-state index in [0.29, 0.717) is 11.9 Å². The number of pyridine rings is 1. The summed E-state index contributed by atoms with van der Waals surface area (Å²) >= 11 is 0. The smallest absolute Gasteiger partial charge is 0.339 e. The Balaban J connectivity index is 2.07. The molecule has 0 aromatic carbocycles. The number of anilines is 1. The predicted molar refractivity (Wildman–Crippen MR) is 74.7 cm³/mol. The van der Waals surface area contributed by atoms with E-state index in [2.05, 4.69) is 22.1 Å². The van der Waals surface area contributed by atoms with Crippen LogP contribution in [0.5, 0.6) is 0 Å². The SMILES string of the molecule is CCN1CCCC1CNc1nccc(C)c1C(=O)O. The Bertz CT molecular complexity index is 462. The normalized spacial score (nSPS) is 19.6. The molecule has 1 atom stereocenters. The number of hydrogen-bond acceptors (Lipinski definition) is 4. The van der Waals surface area contributed by atoms with Gasteiger partial charge in [-0.3, -0.25) is 4.90 Å². The Labute approximate surface area is 113 Å². The molecule has 1 aromatic rings. The number of likely N-dealkylation sites (tertiary alicyclic amines) is 1. The van der Waals surface area contributed by atoms with Gasteiger partial charge < -0.3 is 10.4 Å². The molecule has 0 radical (unpaired) electrons. The van der Waals surface area contributed by atoms with Crippen LogP contribution in [0.4, 0.5) is 5.82 Å². The van der Waals surface area contributed by atoms with Gasteiger partial charge in [-0.25, -0.2) is 9.78 Å². The van der Waals surface area contributed by atoms with Gasteiger partial charge in [0.25, 0.3) is 0 Å². The highest BCUT2D eigenvalue weighted by Crippen LogP contribution is 2.20.